The van der Waals surface area contributed by atoms with Crippen molar-refractivity contribution in [2.24, 2.45) is 4.99 Å². The van der Waals surface area contributed by atoms with Gasteiger partial charge in [0.25, 0.3) is 0 Å². The van der Waals surface area contributed by atoms with Crippen LogP contribution in [0.1, 0.15) is 31.7 Å². The topological polar surface area (TPSA) is 37.3 Å². The average Bonchev–Trinajstić information content (AvgIpc) is 2.84. The molecule has 2 unspecified atom stereocenters. The van der Waals surface area contributed by atoms with Crippen LogP contribution in [-0.2, 0) is 9.47 Å². The van der Waals surface area contributed by atoms with Gasteiger partial charge in [0.05, 0.1) is 37.5 Å². The lowest BCUT2D eigenvalue weighted by atomic mass is 9.97. The largest absolute Gasteiger partial charge is 0.378 e. The molecule has 5 nitrogen and oxygen atoms in total. The van der Waals surface area contributed by atoms with Gasteiger partial charge in [-0.2, -0.15) is 0 Å². The van der Waals surface area contributed by atoms with E-state index < -0.39 is 0 Å². The van der Waals surface area contributed by atoms with Gasteiger partial charge in [-0.25, -0.2) is 4.99 Å². The fourth-order valence-electron chi connectivity index (χ4n) is 4.47. The van der Waals surface area contributed by atoms with Crippen molar-refractivity contribution in [3.63, 3.8) is 0 Å². The number of rotatable bonds is 4. The highest BCUT2D eigenvalue weighted by Gasteiger charge is 2.21. The third-order valence-corrected chi connectivity index (χ3v) is 10.8. The number of fused-ring (bicyclic) bond motifs is 2. The number of hydrogen-bond donors (Lipinski definition) is 0. The van der Waals surface area contributed by atoms with Crippen LogP contribution in [0.25, 0.3) is 0 Å². The first-order chi connectivity index (χ1) is 15.2. The molecule has 2 fully saturated rings. The smallest absolute Gasteiger partial charge is 0.0812 e. The summed E-state index contributed by atoms with van der Waals surface area (Å²) in [6, 6.07) is 11.6. The summed E-state index contributed by atoms with van der Waals surface area (Å²) in [6.45, 7) is 11.7. The Morgan fingerprint density at radius 1 is 0.968 bits per heavy atom. The molecule has 7 heteroatoms. The monoisotopic (exact) mass is 551 g/mol. The molecule has 0 aromatic heterocycles. The molecule has 0 spiro atoms. The molecule has 3 aliphatic rings. The van der Waals surface area contributed by atoms with Crippen molar-refractivity contribution < 1.29 is 9.47 Å². The number of morpholine rings is 2. The second kappa shape index (κ2) is 9.37. The normalized spacial score (nSPS) is 21.8. The van der Waals surface area contributed by atoms with E-state index in [4.69, 9.17) is 14.5 Å². The minimum absolute atomic E-state index is 0.0379. The molecule has 2 aromatic carbocycles. The van der Waals surface area contributed by atoms with Crippen molar-refractivity contribution in [2.75, 3.05) is 62.4 Å². The molecule has 166 valence electrons. The SMILES string of the molecule is CCC(C)c1cc(N2CCOCC2)cc2c1=Nc1ccc(N3CCOCC3)cc1S=2I. The highest BCUT2D eigenvalue weighted by Crippen LogP contribution is 2.46. The molecule has 3 aliphatic heterocycles. The predicted octanol–water partition coefficient (Wildman–Crippen LogP) is 5.07. The zero-order chi connectivity index (χ0) is 21.4. The van der Waals surface area contributed by atoms with E-state index in [-0.39, 0.29) is 7.66 Å². The molecular formula is C24H30IN3O2S. The molecule has 0 N–H and O–H groups in total. The van der Waals surface area contributed by atoms with Crippen LogP contribution in [0.3, 0.4) is 0 Å². The summed E-state index contributed by atoms with van der Waals surface area (Å²) >= 11 is 2.65. The van der Waals surface area contributed by atoms with Gasteiger partial charge in [-0.15, -0.1) is 0 Å². The second-order valence-electron chi connectivity index (χ2n) is 8.41. The minimum atomic E-state index is -0.0379. The first-order valence-electron chi connectivity index (χ1n) is 11.3. The van der Waals surface area contributed by atoms with Gasteiger partial charge in [-0.1, -0.05) is 21.5 Å². The average molecular weight is 551 g/mol. The Labute approximate surface area is 198 Å². The van der Waals surface area contributed by atoms with Gasteiger partial charge in [0.2, 0.25) is 0 Å². The molecular weight excluding hydrogens is 521 g/mol. The molecule has 31 heavy (non-hydrogen) atoms. The molecule has 0 radical (unpaired) electrons. The van der Waals surface area contributed by atoms with Crippen molar-refractivity contribution in [3.8, 4) is 0 Å². The zero-order valence-corrected chi connectivity index (χ0v) is 21.2. The maximum atomic E-state index is 5.60. The molecule has 2 aromatic rings. The molecule has 3 heterocycles. The Morgan fingerprint density at radius 2 is 1.61 bits per heavy atom. The van der Waals surface area contributed by atoms with Crippen molar-refractivity contribution in [2.45, 2.75) is 31.1 Å². The standard InChI is InChI=1S/C24H30IN3O2S/c1-3-17(2)20-14-19(28-8-12-30-13-9-28)16-23-24(20)26-21-5-4-18(15-22(21)31(23)25)27-6-10-29-11-7-27/h4-5,14-17H,3,6-13H2,1-2H3. The summed E-state index contributed by atoms with van der Waals surface area (Å²) in [5, 5.41) is 1.20. The van der Waals surface area contributed by atoms with Crippen molar-refractivity contribution in [1.82, 2.24) is 0 Å². The van der Waals surface area contributed by atoms with Gasteiger partial charge in [-0.05, 0) is 69.4 Å². The van der Waals surface area contributed by atoms with Gasteiger partial charge in [0.15, 0.2) is 0 Å². The van der Waals surface area contributed by atoms with Gasteiger partial charge in [0.1, 0.15) is 0 Å². The lowest BCUT2D eigenvalue weighted by molar-refractivity contribution is 0.122. The fourth-order valence-corrected chi connectivity index (χ4v) is 7.85. The Balaban J connectivity index is 1.65. The van der Waals surface area contributed by atoms with Crippen molar-refractivity contribution >= 4 is 45.9 Å². The van der Waals surface area contributed by atoms with Crippen LogP contribution < -0.4 is 15.2 Å². The zero-order valence-electron chi connectivity index (χ0n) is 18.3. The van der Waals surface area contributed by atoms with E-state index in [9.17, 15) is 0 Å². The van der Waals surface area contributed by atoms with E-state index in [1.807, 2.05) is 0 Å². The van der Waals surface area contributed by atoms with Crippen LogP contribution in [-0.4, -0.2) is 52.6 Å². The van der Waals surface area contributed by atoms with E-state index in [1.54, 1.807) is 0 Å². The molecule has 0 bridgehead atoms. The van der Waals surface area contributed by atoms with Gasteiger partial charge in [0, 0.05) is 47.0 Å². The summed E-state index contributed by atoms with van der Waals surface area (Å²) in [5.41, 5.74) is 5.14. The first-order valence-corrected chi connectivity index (χ1v) is 15.0. The molecule has 2 atom stereocenters. The summed E-state index contributed by atoms with van der Waals surface area (Å²) in [7, 11) is -0.0379. The maximum absolute atomic E-state index is 5.60. The van der Waals surface area contributed by atoms with E-state index in [0.717, 1.165) is 64.7 Å². The molecule has 5 rings (SSSR count). The molecule has 0 saturated carbocycles. The van der Waals surface area contributed by atoms with Crippen LogP contribution in [0.15, 0.2) is 40.2 Å². The van der Waals surface area contributed by atoms with Crippen LogP contribution in [0, 0.1) is 4.51 Å². The summed E-state index contributed by atoms with van der Waals surface area (Å²) < 4.78 is 12.5. The van der Waals surface area contributed by atoms with Gasteiger partial charge in [-0.3, -0.25) is 0 Å². The van der Waals surface area contributed by atoms with Gasteiger partial charge < -0.3 is 19.3 Å². The van der Waals surface area contributed by atoms with Crippen molar-refractivity contribution in [1.29, 1.82) is 0 Å². The van der Waals surface area contributed by atoms with Gasteiger partial charge >= 0.3 is 0 Å². The Hall–Kier alpha value is -1.16. The lowest BCUT2D eigenvalue weighted by Gasteiger charge is -2.31. The third-order valence-electron chi connectivity index (χ3n) is 6.55. The molecule has 2 saturated heterocycles. The maximum Gasteiger partial charge on any atom is 0.0812 e. The number of benzene rings is 2. The third kappa shape index (κ3) is 4.26. The minimum Gasteiger partial charge on any atom is -0.378 e. The first kappa shape index (κ1) is 21.7. The van der Waals surface area contributed by atoms with Crippen LogP contribution >= 0.6 is 28.9 Å². The number of hydrogen-bond acceptors (Lipinski definition) is 5. The lowest BCUT2D eigenvalue weighted by Crippen LogP contribution is -2.36. The van der Waals surface area contributed by atoms with Crippen LogP contribution in [0.4, 0.5) is 17.1 Å². The second-order valence-corrected chi connectivity index (χ2v) is 12.4. The van der Waals surface area contributed by atoms with E-state index in [1.165, 1.54) is 31.7 Å². The summed E-state index contributed by atoms with van der Waals surface area (Å²) in [4.78, 5) is 11.5. The summed E-state index contributed by atoms with van der Waals surface area (Å²) in [6.07, 6.45) is 1.12. The summed E-state index contributed by atoms with van der Waals surface area (Å²) in [5.74, 6) is 0.487. The van der Waals surface area contributed by atoms with Crippen LogP contribution in [0.5, 0.6) is 0 Å². The Kier molecular flexibility index (Phi) is 6.55. The Bertz CT molecular complexity index is 1090. The van der Waals surface area contributed by atoms with E-state index in [2.05, 4.69) is 75.2 Å². The predicted molar refractivity (Wildman–Crippen MR) is 137 cm³/mol. The highest BCUT2D eigenvalue weighted by atomic mass is 127. The highest BCUT2D eigenvalue weighted by molar-refractivity contribution is 14.2. The number of nitrogens with zero attached hydrogens (tertiary/aromatic N) is 3. The Morgan fingerprint density at radius 3 is 2.26 bits per heavy atom. The molecule has 0 amide bonds. The van der Waals surface area contributed by atoms with Crippen LogP contribution in [0.2, 0.25) is 0 Å². The van der Waals surface area contributed by atoms with Crippen molar-refractivity contribution in [3.05, 3.63) is 45.8 Å². The fraction of sp³-hybridized carbons (Fsp3) is 0.500. The van der Waals surface area contributed by atoms with E-state index in [0.29, 0.717) is 5.92 Å². The number of halogens is 1. The number of ether oxygens (including phenoxy) is 2. The molecule has 0 aliphatic carbocycles. The quantitative estimate of drug-likeness (QED) is 0.393. The van der Waals surface area contributed by atoms with E-state index >= 15 is 0 Å². The number of anilines is 2.